The minimum absolute atomic E-state index is 0.898. The van der Waals surface area contributed by atoms with Crippen molar-refractivity contribution in [3.8, 4) is 0 Å². The maximum absolute atomic E-state index is 3.91. The first-order valence-corrected chi connectivity index (χ1v) is 7.39. The predicted molar refractivity (Wildman–Crippen MR) is 75.3 cm³/mol. The molecule has 1 unspecified atom stereocenters. The molecule has 0 saturated heterocycles. The molecule has 0 heteroatoms. The average Bonchev–Trinajstić information content (AvgIpc) is 2.27. The summed E-state index contributed by atoms with van der Waals surface area (Å²) in [6.45, 7) is 10.2. The molecule has 0 fully saturated rings. The van der Waals surface area contributed by atoms with E-state index in [2.05, 4.69) is 20.8 Å². The van der Waals surface area contributed by atoms with E-state index in [9.17, 15) is 0 Å². The van der Waals surface area contributed by atoms with E-state index in [1.54, 1.807) is 0 Å². The fourth-order valence-corrected chi connectivity index (χ4v) is 2.22. The van der Waals surface area contributed by atoms with Crippen LogP contribution in [0.2, 0.25) is 0 Å². The molecular weight excluding hydrogens is 192 g/mol. The maximum Gasteiger partial charge on any atom is -0.0443 e. The summed E-state index contributed by atoms with van der Waals surface area (Å²) in [7, 11) is 0. The van der Waals surface area contributed by atoms with Crippen LogP contribution in [0.4, 0.5) is 0 Å². The van der Waals surface area contributed by atoms with E-state index in [1.165, 1.54) is 64.2 Å². The number of unbranched alkanes of at least 4 members (excludes halogenated alkanes) is 8. The highest BCUT2D eigenvalue weighted by Gasteiger charge is 1.99. The van der Waals surface area contributed by atoms with Crippen LogP contribution in [0.5, 0.6) is 0 Å². The van der Waals surface area contributed by atoms with Gasteiger partial charge < -0.3 is 0 Å². The van der Waals surface area contributed by atoms with Gasteiger partial charge in [0.1, 0.15) is 0 Å². The molecule has 0 rings (SSSR count). The van der Waals surface area contributed by atoms with Gasteiger partial charge in [-0.25, -0.2) is 0 Å². The van der Waals surface area contributed by atoms with Crippen LogP contribution in [0.15, 0.2) is 0 Å². The molecular formula is C16H32. The number of rotatable bonds is 12. The Labute approximate surface area is 104 Å². The summed E-state index contributed by atoms with van der Waals surface area (Å²) < 4.78 is 0. The van der Waals surface area contributed by atoms with Crippen molar-refractivity contribution in [2.24, 2.45) is 5.92 Å². The van der Waals surface area contributed by atoms with Gasteiger partial charge in [-0.1, -0.05) is 97.8 Å². The van der Waals surface area contributed by atoms with Crippen molar-refractivity contribution in [3.63, 3.8) is 0 Å². The Morgan fingerprint density at radius 2 is 1.12 bits per heavy atom. The van der Waals surface area contributed by atoms with Gasteiger partial charge in [0.25, 0.3) is 0 Å². The first kappa shape index (κ1) is 16.0. The molecule has 0 aliphatic rings. The largest absolute Gasteiger partial charge is 0.0625 e. The van der Waals surface area contributed by atoms with Gasteiger partial charge in [-0.2, -0.15) is 0 Å². The van der Waals surface area contributed by atoms with Crippen LogP contribution >= 0.6 is 0 Å². The highest BCUT2D eigenvalue weighted by molar-refractivity contribution is 4.55. The van der Waals surface area contributed by atoms with Crippen molar-refractivity contribution >= 4 is 0 Å². The topological polar surface area (TPSA) is 0 Å². The Bertz CT molecular complexity index is 117. The molecule has 0 aromatic rings. The molecule has 1 atom stereocenters. The van der Waals surface area contributed by atoms with Gasteiger partial charge in [0, 0.05) is 0 Å². The van der Waals surface area contributed by atoms with Crippen LogP contribution in [0.3, 0.4) is 0 Å². The summed E-state index contributed by atoms with van der Waals surface area (Å²) in [5.41, 5.74) is 0. The summed E-state index contributed by atoms with van der Waals surface area (Å²) in [4.78, 5) is 0. The Kier molecular flexibility index (Phi) is 13.1. The van der Waals surface area contributed by atoms with Gasteiger partial charge in [0.05, 0.1) is 0 Å². The van der Waals surface area contributed by atoms with E-state index < -0.39 is 0 Å². The van der Waals surface area contributed by atoms with Crippen molar-refractivity contribution in [1.82, 2.24) is 0 Å². The highest BCUT2D eigenvalue weighted by atomic mass is 14.1. The number of hydrogen-bond acceptors (Lipinski definition) is 0. The molecule has 16 heavy (non-hydrogen) atoms. The van der Waals surface area contributed by atoms with Gasteiger partial charge in [0.2, 0.25) is 0 Å². The van der Waals surface area contributed by atoms with Crippen molar-refractivity contribution in [1.29, 1.82) is 0 Å². The first-order valence-electron chi connectivity index (χ1n) is 7.39. The molecule has 0 saturated carbocycles. The van der Waals surface area contributed by atoms with E-state index in [1.807, 2.05) is 0 Å². The molecule has 96 valence electrons. The summed E-state index contributed by atoms with van der Waals surface area (Å²) in [5.74, 6) is 0.898. The van der Waals surface area contributed by atoms with E-state index >= 15 is 0 Å². The van der Waals surface area contributed by atoms with Crippen LogP contribution in [-0.4, -0.2) is 0 Å². The van der Waals surface area contributed by atoms with Crippen molar-refractivity contribution in [3.05, 3.63) is 13.8 Å². The number of hydrogen-bond donors (Lipinski definition) is 0. The third-order valence-corrected chi connectivity index (χ3v) is 3.39. The van der Waals surface area contributed by atoms with Gasteiger partial charge in [0.15, 0.2) is 0 Å². The molecule has 0 spiro atoms. The zero-order valence-electron chi connectivity index (χ0n) is 11.5. The Morgan fingerprint density at radius 3 is 1.62 bits per heavy atom. The van der Waals surface area contributed by atoms with Crippen LogP contribution < -0.4 is 0 Å². The quantitative estimate of drug-likeness (QED) is 0.358. The minimum atomic E-state index is 0.898. The molecule has 0 N–H and O–H groups in total. The second-order valence-electron chi connectivity index (χ2n) is 5.22. The second-order valence-corrected chi connectivity index (χ2v) is 5.22. The van der Waals surface area contributed by atoms with Crippen molar-refractivity contribution in [2.75, 3.05) is 0 Å². The Hall–Kier alpha value is 0. The van der Waals surface area contributed by atoms with Crippen molar-refractivity contribution < 1.29 is 0 Å². The minimum Gasteiger partial charge on any atom is -0.0625 e. The third-order valence-electron chi connectivity index (χ3n) is 3.39. The molecule has 0 aliphatic heterocycles. The van der Waals surface area contributed by atoms with E-state index in [4.69, 9.17) is 0 Å². The van der Waals surface area contributed by atoms with Gasteiger partial charge in [-0.05, 0) is 5.92 Å². The van der Waals surface area contributed by atoms with Crippen LogP contribution in [0.25, 0.3) is 0 Å². The lowest BCUT2D eigenvalue weighted by atomic mass is 9.98. The lowest BCUT2D eigenvalue weighted by molar-refractivity contribution is 0.457. The van der Waals surface area contributed by atoms with Crippen LogP contribution in [0, 0.1) is 19.8 Å². The van der Waals surface area contributed by atoms with Gasteiger partial charge in [-0.3, -0.25) is 0 Å². The molecule has 2 radical (unpaired) electrons. The fourth-order valence-electron chi connectivity index (χ4n) is 2.22. The molecule has 0 bridgehead atoms. The maximum atomic E-state index is 3.91. The fraction of sp³-hybridized carbons (Fsp3) is 0.875. The smallest absolute Gasteiger partial charge is 0.0443 e. The highest BCUT2D eigenvalue weighted by Crippen LogP contribution is 2.16. The van der Waals surface area contributed by atoms with E-state index in [0.29, 0.717) is 0 Å². The summed E-state index contributed by atoms with van der Waals surface area (Å²) in [6.07, 6.45) is 16.3. The first-order chi connectivity index (χ1) is 7.81. The van der Waals surface area contributed by atoms with Gasteiger partial charge in [-0.15, -0.1) is 0 Å². The molecule has 0 aliphatic carbocycles. The standard InChI is InChI=1S/C16H32/c1-4-6-7-8-9-10-11-12-13-15-16(3)14-5-2/h16H,1-2,4-15H2,3H3. The summed E-state index contributed by atoms with van der Waals surface area (Å²) in [5, 5.41) is 0. The normalized spacial score (nSPS) is 12.9. The molecule has 0 aromatic heterocycles. The molecule has 0 amide bonds. The zero-order chi connectivity index (χ0) is 12.1. The predicted octanol–water partition coefficient (Wildman–Crippen LogP) is 5.97. The SMILES string of the molecule is [CH2]CCCCCCCCCCC(C)CC[CH2]. The third kappa shape index (κ3) is 12.1. The van der Waals surface area contributed by atoms with Crippen LogP contribution in [-0.2, 0) is 0 Å². The monoisotopic (exact) mass is 224 g/mol. The second kappa shape index (κ2) is 13.1. The van der Waals surface area contributed by atoms with E-state index in [-0.39, 0.29) is 0 Å². The summed E-state index contributed by atoms with van der Waals surface area (Å²) in [6, 6.07) is 0. The molecule has 0 nitrogen and oxygen atoms in total. The summed E-state index contributed by atoms with van der Waals surface area (Å²) >= 11 is 0. The average molecular weight is 224 g/mol. The molecule has 0 heterocycles. The lowest BCUT2D eigenvalue weighted by Crippen LogP contribution is -1.93. The molecule has 0 aromatic carbocycles. The van der Waals surface area contributed by atoms with Gasteiger partial charge >= 0.3 is 0 Å². The Balaban J connectivity index is 2.98. The van der Waals surface area contributed by atoms with E-state index in [0.717, 1.165) is 18.8 Å². The lowest BCUT2D eigenvalue weighted by Gasteiger charge is -2.09. The van der Waals surface area contributed by atoms with Crippen molar-refractivity contribution in [2.45, 2.75) is 84.0 Å². The Morgan fingerprint density at radius 1 is 0.625 bits per heavy atom. The van der Waals surface area contributed by atoms with Crippen LogP contribution in [0.1, 0.15) is 84.0 Å². The zero-order valence-corrected chi connectivity index (χ0v) is 11.5.